The zero-order valence-corrected chi connectivity index (χ0v) is 26.0. The molecule has 0 spiro atoms. The van der Waals surface area contributed by atoms with E-state index in [2.05, 4.69) is 65.1 Å². The zero-order valence-electron chi connectivity index (χ0n) is 25.2. The van der Waals surface area contributed by atoms with Crippen LogP contribution in [0.25, 0.3) is 32.7 Å². The summed E-state index contributed by atoms with van der Waals surface area (Å²) in [4.78, 5) is 26.2. The lowest BCUT2D eigenvalue weighted by Gasteiger charge is -2.26. The first-order valence-electron chi connectivity index (χ1n) is 13.7. The van der Waals surface area contributed by atoms with E-state index in [1.54, 1.807) is 13.3 Å². The van der Waals surface area contributed by atoms with Crippen molar-refractivity contribution >= 4 is 51.2 Å². The molecule has 0 bridgehead atoms. The van der Waals surface area contributed by atoms with Crippen molar-refractivity contribution in [2.75, 3.05) is 56.9 Å². The van der Waals surface area contributed by atoms with Crippen LogP contribution in [-0.2, 0) is 11.8 Å². The molecular formula is C31H35N9O2S. The Labute approximate surface area is 254 Å². The number of likely N-dealkylation sites (N-methyl/N-ethyl adjacent to an activating group) is 2. The molecule has 2 aromatic carbocycles. The van der Waals surface area contributed by atoms with Gasteiger partial charge in [-0.2, -0.15) is 0 Å². The lowest BCUT2D eigenvalue weighted by molar-refractivity contribution is -0.111. The first kappa shape index (κ1) is 29.7. The van der Waals surface area contributed by atoms with Gasteiger partial charge in [0, 0.05) is 62.1 Å². The number of para-hydroxylation sites is 1. The maximum atomic E-state index is 12.4. The van der Waals surface area contributed by atoms with Gasteiger partial charge in [-0.15, -0.1) is 10.2 Å². The number of carbonyl (C=O) groups excluding carboxylic acids is 1. The fraction of sp³-hybridized carbons (Fsp3) is 0.258. The molecule has 3 aromatic heterocycles. The lowest BCUT2D eigenvalue weighted by atomic mass is 10.1. The zero-order chi connectivity index (χ0) is 30.7. The van der Waals surface area contributed by atoms with Crippen LogP contribution in [0.15, 0.2) is 61.4 Å². The normalized spacial score (nSPS) is 11.1. The molecule has 0 aliphatic rings. The van der Waals surface area contributed by atoms with Crippen molar-refractivity contribution in [3.8, 4) is 27.6 Å². The van der Waals surface area contributed by atoms with Gasteiger partial charge in [0.1, 0.15) is 10.8 Å². The second kappa shape index (κ2) is 12.6. The molecule has 5 aromatic rings. The van der Waals surface area contributed by atoms with E-state index in [9.17, 15) is 4.79 Å². The highest BCUT2D eigenvalue weighted by Crippen LogP contribution is 2.40. The average Bonchev–Trinajstić information content (AvgIpc) is 3.58. The van der Waals surface area contributed by atoms with Crippen molar-refractivity contribution < 1.29 is 9.53 Å². The van der Waals surface area contributed by atoms with Gasteiger partial charge in [0.25, 0.3) is 0 Å². The molecule has 0 saturated carbocycles. The maximum absolute atomic E-state index is 12.4. The molecule has 43 heavy (non-hydrogen) atoms. The molecule has 5 rings (SSSR count). The van der Waals surface area contributed by atoms with Crippen molar-refractivity contribution in [3.05, 3.63) is 66.5 Å². The minimum absolute atomic E-state index is 0.315. The molecule has 0 saturated heterocycles. The number of anilines is 4. The predicted molar refractivity (Wildman–Crippen MR) is 175 cm³/mol. The average molecular weight is 598 g/mol. The standard InChI is InChI=1S/C31H35N9O2S/c1-8-28(41)33-23-15-24(27(42-7)16-26(23)39(5)14-13-38(3)4)34-31-32-17-21(30-37-36-19(2)43-30)29(35-31)22-18-40(6)25-12-10-9-11-20(22)25/h8-12,15-18H,1,13-14H2,2-7H3,(H,33,41)(H,32,34,35). The third-order valence-electron chi connectivity index (χ3n) is 7.00. The summed E-state index contributed by atoms with van der Waals surface area (Å²) in [5.74, 6) is 0.618. The number of fused-ring (bicyclic) bond motifs is 1. The molecule has 0 unspecified atom stereocenters. The smallest absolute Gasteiger partial charge is 0.247 e. The number of rotatable bonds is 11. The van der Waals surface area contributed by atoms with Gasteiger partial charge in [-0.25, -0.2) is 9.97 Å². The first-order valence-corrected chi connectivity index (χ1v) is 14.5. The second-order valence-corrected chi connectivity index (χ2v) is 11.5. The largest absolute Gasteiger partial charge is 0.494 e. The van der Waals surface area contributed by atoms with Gasteiger partial charge in [-0.3, -0.25) is 4.79 Å². The fourth-order valence-electron chi connectivity index (χ4n) is 4.77. The first-order chi connectivity index (χ1) is 20.7. The summed E-state index contributed by atoms with van der Waals surface area (Å²) in [6.07, 6.45) is 5.08. The topological polar surface area (TPSA) is 113 Å². The van der Waals surface area contributed by atoms with E-state index in [4.69, 9.17) is 9.72 Å². The molecule has 12 heteroatoms. The monoisotopic (exact) mass is 597 g/mol. The van der Waals surface area contributed by atoms with Crippen molar-refractivity contribution in [3.63, 3.8) is 0 Å². The number of amides is 1. The summed E-state index contributed by atoms with van der Waals surface area (Å²) >= 11 is 1.49. The second-order valence-electron chi connectivity index (χ2n) is 10.4. The van der Waals surface area contributed by atoms with E-state index < -0.39 is 0 Å². The van der Waals surface area contributed by atoms with Crippen LogP contribution in [0.2, 0.25) is 0 Å². The minimum atomic E-state index is -0.315. The summed E-state index contributed by atoms with van der Waals surface area (Å²) in [7, 11) is 9.64. The number of aryl methyl sites for hydroxylation is 2. The molecule has 11 nitrogen and oxygen atoms in total. The molecule has 2 N–H and O–H groups in total. The van der Waals surface area contributed by atoms with Crippen molar-refractivity contribution in [1.82, 2.24) is 29.6 Å². The number of carbonyl (C=O) groups is 1. The van der Waals surface area contributed by atoms with Crippen LogP contribution in [0.4, 0.5) is 23.0 Å². The number of aromatic nitrogens is 5. The van der Waals surface area contributed by atoms with Gasteiger partial charge >= 0.3 is 0 Å². The predicted octanol–water partition coefficient (Wildman–Crippen LogP) is 5.34. The molecule has 3 heterocycles. The van der Waals surface area contributed by atoms with E-state index in [0.29, 0.717) is 23.1 Å². The molecule has 222 valence electrons. The van der Waals surface area contributed by atoms with Crippen molar-refractivity contribution in [2.24, 2.45) is 7.05 Å². The van der Waals surface area contributed by atoms with Crippen molar-refractivity contribution in [1.29, 1.82) is 0 Å². The summed E-state index contributed by atoms with van der Waals surface area (Å²) < 4.78 is 7.87. The lowest BCUT2D eigenvalue weighted by Crippen LogP contribution is -2.29. The number of nitrogens with zero attached hydrogens (tertiary/aromatic N) is 7. The van der Waals surface area contributed by atoms with Crippen LogP contribution in [0, 0.1) is 6.92 Å². The minimum Gasteiger partial charge on any atom is -0.494 e. The van der Waals surface area contributed by atoms with Crippen LogP contribution in [0.5, 0.6) is 5.75 Å². The van der Waals surface area contributed by atoms with Gasteiger partial charge in [0.2, 0.25) is 11.9 Å². The van der Waals surface area contributed by atoms with Gasteiger partial charge in [-0.1, -0.05) is 36.1 Å². The Balaban J connectivity index is 1.61. The van der Waals surface area contributed by atoms with E-state index in [1.807, 2.05) is 59.4 Å². The Hall–Kier alpha value is -4.81. The third kappa shape index (κ3) is 6.35. The Morgan fingerprint density at radius 1 is 1.12 bits per heavy atom. The van der Waals surface area contributed by atoms with Crippen LogP contribution in [0.1, 0.15) is 5.01 Å². The summed E-state index contributed by atoms with van der Waals surface area (Å²) in [6.45, 7) is 7.10. The SMILES string of the molecule is C=CC(=O)Nc1cc(Nc2ncc(-c3nnc(C)s3)c(-c3cn(C)c4ccccc34)n2)c(OC)cc1N(C)CCN(C)C. The number of hydrogen-bond acceptors (Lipinski definition) is 10. The van der Waals surface area contributed by atoms with Crippen LogP contribution < -0.4 is 20.3 Å². The van der Waals surface area contributed by atoms with Crippen molar-refractivity contribution in [2.45, 2.75) is 6.92 Å². The quantitative estimate of drug-likeness (QED) is 0.195. The number of ether oxygens (including phenoxy) is 1. The number of hydrogen-bond donors (Lipinski definition) is 2. The molecule has 1 amide bonds. The Morgan fingerprint density at radius 2 is 1.91 bits per heavy atom. The molecule has 0 atom stereocenters. The fourth-order valence-corrected chi connectivity index (χ4v) is 5.47. The van der Waals surface area contributed by atoms with E-state index in [0.717, 1.165) is 56.5 Å². The van der Waals surface area contributed by atoms with E-state index in [1.165, 1.54) is 17.4 Å². The third-order valence-corrected chi connectivity index (χ3v) is 7.87. The molecular weight excluding hydrogens is 562 g/mol. The summed E-state index contributed by atoms with van der Waals surface area (Å²) in [5, 5.41) is 17.5. The van der Waals surface area contributed by atoms with E-state index in [-0.39, 0.29) is 5.91 Å². The maximum Gasteiger partial charge on any atom is 0.247 e. The summed E-state index contributed by atoms with van der Waals surface area (Å²) in [5.41, 5.74) is 5.55. The van der Waals surface area contributed by atoms with Gasteiger partial charge < -0.3 is 29.7 Å². The Bertz CT molecular complexity index is 1790. The Kier molecular flexibility index (Phi) is 8.69. The number of benzene rings is 2. The highest BCUT2D eigenvalue weighted by molar-refractivity contribution is 7.14. The summed E-state index contributed by atoms with van der Waals surface area (Å²) in [6, 6.07) is 11.9. The molecule has 0 radical (unpaired) electrons. The van der Waals surface area contributed by atoms with E-state index >= 15 is 0 Å². The van der Waals surface area contributed by atoms with Gasteiger partial charge in [0.05, 0.1) is 35.4 Å². The van der Waals surface area contributed by atoms with Gasteiger partial charge in [0.15, 0.2) is 5.01 Å². The number of nitrogens with one attached hydrogen (secondary N) is 2. The van der Waals surface area contributed by atoms with Gasteiger partial charge in [-0.05, 0) is 39.2 Å². The molecule has 0 fully saturated rings. The highest BCUT2D eigenvalue weighted by Gasteiger charge is 2.21. The highest BCUT2D eigenvalue weighted by atomic mass is 32.1. The Morgan fingerprint density at radius 3 is 2.60 bits per heavy atom. The van der Waals surface area contributed by atoms with Crippen LogP contribution in [0.3, 0.4) is 0 Å². The number of methoxy groups -OCH3 is 1. The molecule has 0 aliphatic carbocycles. The van der Waals surface area contributed by atoms with Crippen LogP contribution >= 0.6 is 11.3 Å². The molecule has 0 aliphatic heterocycles. The van der Waals surface area contributed by atoms with Crippen LogP contribution in [-0.4, -0.2) is 76.9 Å².